The van der Waals surface area contributed by atoms with Gasteiger partial charge in [-0.25, -0.2) is 0 Å². The van der Waals surface area contributed by atoms with Crippen LogP contribution in [0.4, 0.5) is 5.69 Å². The molecule has 2 amide bonds. The van der Waals surface area contributed by atoms with Crippen molar-refractivity contribution in [3.8, 4) is 0 Å². The van der Waals surface area contributed by atoms with Crippen molar-refractivity contribution in [1.82, 2.24) is 0 Å². The number of allylic oxidation sites excluding steroid dienone is 4. The highest BCUT2D eigenvalue weighted by atomic mass is 16.4. The zero-order chi connectivity index (χ0) is 33.2. The number of hydrogen-bond acceptors (Lipinski definition) is 6. The van der Waals surface area contributed by atoms with Gasteiger partial charge in [0.2, 0.25) is 11.8 Å². The number of nitrogens with zero attached hydrogens (tertiary/aromatic N) is 1. The van der Waals surface area contributed by atoms with Crippen LogP contribution in [-0.2, 0) is 31.2 Å². The van der Waals surface area contributed by atoms with Gasteiger partial charge in [0.25, 0.3) is 0 Å². The number of fused-ring (bicyclic) bond motifs is 4. The van der Waals surface area contributed by atoms with Gasteiger partial charge in [-0.05, 0) is 65.8 Å². The molecule has 1 N–H and O–H groups in total. The van der Waals surface area contributed by atoms with E-state index in [4.69, 9.17) is 4.42 Å². The molecule has 4 aliphatic rings. The Bertz CT molecular complexity index is 2040. The van der Waals surface area contributed by atoms with Gasteiger partial charge in [0.15, 0.2) is 11.6 Å². The molecule has 7 nitrogen and oxygen atoms in total. The molecule has 1 aliphatic heterocycles. The minimum absolute atomic E-state index is 0.182. The molecule has 1 saturated heterocycles. The maximum Gasteiger partial charge on any atom is 0.238 e. The number of hydrogen-bond donors (Lipinski definition) is 1. The van der Waals surface area contributed by atoms with Crippen molar-refractivity contribution in [1.29, 1.82) is 0 Å². The second-order valence-electron chi connectivity index (χ2n) is 13.1. The third-order valence-corrected chi connectivity index (χ3v) is 10.9. The van der Waals surface area contributed by atoms with Crippen molar-refractivity contribution in [3.63, 3.8) is 0 Å². The van der Waals surface area contributed by atoms with Gasteiger partial charge in [-0.3, -0.25) is 24.1 Å². The summed E-state index contributed by atoms with van der Waals surface area (Å²) in [5.74, 6) is -3.62. The molecule has 8 rings (SSSR count). The van der Waals surface area contributed by atoms with Crippen LogP contribution in [0.15, 0.2) is 126 Å². The Morgan fingerprint density at radius 2 is 1.56 bits per heavy atom. The Morgan fingerprint density at radius 3 is 2.23 bits per heavy atom. The monoisotopic (exact) mass is 635 g/mol. The van der Waals surface area contributed by atoms with E-state index < -0.39 is 35.0 Å². The zero-order valence-electron chi connectivity index (χ0n) is 26.1. The van der Waals surface area contributed by atoms with Gasteiger partial charge in [0, 0.05) is 11.5 Å². The van der Waals surface area contributed by atoms with E-state index >= 15 is 0 Å². The summed E-state index contributed by atoms with van der Waals surface area (Å²) in [6.07, 6.45) is 5.71. The van der Waals surface area contributed by atoms with E-state index in [2.05, 4.69) is 6.58 Å². The van der Waals surface area contributed by atoms with Gasteiger partial charge in [0.05, 0.1) is 28.9 Å². The quantitative estimate of drug-likeness (QED) is 0.193. The number of carbonyl (C=O) groups excluding carboxylic acids is 4. The predicted octanol–water partition coefficient (Wildman–Crippen LogP) is 6.44. The van der Waals surface area contributed by atoms with Crippen molar-refractivity contribution < 1.29 is 28.7 Å². The van der Waals surface area contributed by atoms with Crippen molar-refractivity contribution in [3.05, 3.63) is 150 Å². The standard InChI is InChI=1S/C41H33NO6/c1-2-24-13-15-27(16-14-24)42-39(46)30-19-18-29-32(36(30)40(42)47)21-33-38(45)31(25-9-5-3-6-10-25)22-35(44)41(33,26-11-7-4-8-12-26)37(29)34-20-17-28(23-43)48-34/h2-18,20,22,30,32-33,36-37,43H,1,19,21,23H2. The fraction of sp³-hybridized carbons (Fsp3) is 0.220. The Labute approximate surface area is 277 Å². The average molecular weight is 636 g/mol. The number of anilines is 1. The summed E-state index contributed by atoms with van der Waals surface area (Å²) >= 11 is 0. The fourth-order valence-electron chi connectivity index (χ4n) is 8.83. The zero-order valence-corrected chi connectivity index (χ0v) is 26.1. The number of imide groups is 1. The molecule has 0 radical (unpaired) electrons. The number of Topliss-reactive ketones (excluding diaryl/α,β-unsaturated/α-hetero) is 1. The van der Waals surface area contributed by atoms with Gasteiger partial charge in [-0.1, -0.05) is 97.1 Å². The maximum atomic E-state index is 15.0. The lowest BCUT2D eigenvalue weighted by atomic mass is 9.45. The van der Waals surface area contributed by atoms with Crippen molar-refractivity contribution >= 4 is 40.7 Å². The molecule has 7 heteroatoms. The second kappa shape index (κ2) is 11.4. The van der Waals surface area contributed by atoms with Crippen LogP contribution in [0.1, 0.15) is 47.0 Å². The lowest BCUT2D eigenvalue weighted by molar-refractivity contribution is -0.135. The Kier molecular flexibility index (Phi) is 7.11. The summed E-state index contributed by atoms with van der Waals surface area (Å²) < 4.78 is 6.24. The second-order valence-corrected chi connectivity index (χ2v) is 13.1. The number of aliphatic hydroxyl groups excluding tert-OH is 1. The van der Waals surface area contributed by atoms with Crippen LogP contribution in [-0.4, -0.2) is 28.5 Å². The molecule has 6 atom stereocenters. The first-order valence-corrected chi connectivity index (χ1v) is 16.3. The van der Waals surface area contributed by atoms with E-state index in [9.17, 15) is 24.3 Å². The van der Waals surface area contributed by atoms with Crippen LogP contribution >= 0.6 is 0 Å². The highest BCUT2D eigenvalue weighted by Gasteiger charge is 2.66. The van der Waals surface area contributed by atoms with Gasteiger partial charge >= 0.3 is 0 Å². The topological polar surface area (TPSA) is 105 Å². The molecule has 2 heterocycles. The van der Waals surface area contributed by atoms with Crippen molar-refractivity contribution in [2.75, 3.05) is 4.90 Å². The Morgan fingerprint density at radius 1 is 0.854 bits per heavy atom. The molecule has 6 unspecified atom stereocenters. The van der Waals surface area contributed by atoms with Crippen LogP contribution in [0, 0.1) is 23.7 Å². The highest BCUT2D eigenvalue weighted by molar-refractivity contribution is 6.32. The van der Waals surface area contributed by atoms with Gasteiger partial charge in [-0.15, -0.1) is 0 Å². The summed E-state index contributed by atoms with van der Waals surface area (Å²) in [5, 5.41) is 9.98. The number of furan rings is 1. The molecule has 3 aromatic carbocycles. The first kappa shape index (κ1) is 30.0. The molecular formula is C41H33NO6. The number of rotatable bonds is 6. The average Bonchev–Trinajstić information content (AvgIpc) is 3.71. The Balaban J connectivity index is 1.33. The van der Waals surface area contributed by atoms with Crippen LogP contribution in [0.3, 0.4) is 0 Å². The molecule has 0 spiro atoms. The summed E-state index contributed by atoms with van der Waals surface area (Å²) in [6.45, 7) is 3.46. The summed E-state index contributed by atoms with van der Waals surface area (Å²) in [4.78, 5) is 59.6. The predicted molar refractivity (Wildman–Crippen MR) is 180 cm³/mol. The van der Waals surface area contributed by atoms with E-state index in [1.54, 1.807) is 30.3 Å². The van der Waals surface area contributed by atoms with Gasteiger partial charge in [0.1, 0.15) is 18.1 Å². The van der Waals surface area contributed by atoms with Crippen molar-refractivity contribution in [2.24, 2.45) is 23.7 Å². The summed E-state index contributed by atoms with van der Waals surface area (Å²) in [6, 6.07) is 29.1. The Hall–Kier alpha value is -5.40. The first-order chi connectivity index (χ1) is 23.4. The number of aliphatic hydroxyl groups is 1. The van der Waals surface area contributed by atoms with Crippen LogP contribution < -0.4 is 4.90 Å². The van der Waals surface area contributed by atoms with E-state index in [0.29, 0.717) is 40.3 Å². The fourth-order valence-corrected chi connectivity index (χ4v) is 8.83. The highest BCUT2D eigenvalue weighted by Crippen LogP contribution is 2.63. The molecular weight excluding hydrogens is 602 g/mol. The number of benzene rings is 3. The number of carbonyl (C=O) groups is 4. The lowest BCUT2D eigenvalue weighted by Gasteiger charge is -2.54. The normalized spacial score (nSPS) is 27.9. The molecule has 1 aromatic heterocycles. The van der Waals surface area contributed by atoms with E-state index in [1.165, 1.54) is 11.0 Å². The summed E-state index contributed by atoms with van der Waals surface area (Å²) in [5.41, 5.74) is 2.48. The van der Waals surface area contributed by atoms with Crippen LogP contribution in [0.25, 0.3) is 11.6 Å². The van der Waals surface area contributed by atoms with Crippen molar-refractivity contribution in [2.45, 2.75) is 30.8 Å². The van der Waals surface area contributed by atoms with Gasteiger partial charge < -0.3 is 9.52 Å². The molecule has 48 heavy (non-hydrogen) atoms. The van der Waals surface area contributed by atoms with E-state index in [-0.39, 0.29) is 36.4 Å². The third-order valence-electron chi connectivity index (χ3n) is 10.9. The molecule has 0 bridgehead atoms. The SMILES string of the molecule is C=Cc1ccc(N2C(=O)C3CC=C4C(CC5C(=O)C(c6ccccc6)=CC(=O)C5(c5ccccc5)C4c4ccc(CO)o4)C3C2=O)cc1. The largest absolute Gasteiger partial charge is 0.463 e. The lowest BCUT2D eigenvalue weighted by Crippen LogP contribution is -2.58. The maximum absolute atomic E-state index is 15.0. The molecule has 2 fully saturated rings. The van der Waals surface area contributed by atoms with Crippen LogP contribution in [0.2, 0.25) is 0 Å². The molecule has 1 saturated carbocycles. The first-order valence-electron chi connectivity index (χ1n) is 16.3. The molecule has 238 valence electrons. The summed E-state index contributed by atoms with van der Waals surface area (Å²) in [7, 11) is 0. The molecule has 4 aromatic rings. The minimum atomic E-state index is -1.37. The molecule has 3 aliphatic carbocycles. The van der Waals surface area contributed by atoms with E-state index in [1.807, 2.05) is 78.9 Å². The van der Waals surface area contributed by atoms with Crippen LogP contribution in [0.5, 0.6) is 0 Å². The number of amides is 2. The van der Waals surface area contributed by atoms with E-state index in [0.717, 1.165) is 11.1 Å². The third kappa shape index (κ3) is 4.24. The minimum Gasteiger partial charge on any atom is -0.463 e. The van der Waals surface area contributed by atoms with Gasteiger partial charge in [-0.2, -0.15) is 0 Å². The smallest absolute Gasteiger partial charge is 0.238 e. The number of ketones is 2.